The van der Waals surface area contributed by atoms with Crippen LogP contribution in [0.5, 0.6) is 0 Å². The van der Waals surface area contributed by atoms with Crippen molar-refractivity contribution in [3.8, 4) is 0 Å². The van der Waals surface area contributed by atoms with Gasteiger partial charge in [-0.15, -0.1) is 0 Å². The lowest BCUT2D eigenvalue weighted by atomic mass is 10.2. The van der Waals surface area contributed by atoms with Gasteiger partial charge in [0.1, 0.15) is 0 Å². The van der Waals surface area contributed by atoms with Crippen LogP contribution in [0.4, 0.5) is 16.2 Å². The van der Waals surface area contributed by atoms with Gasteiger partial charge >= 0.3 is 6.03 Å². The van der Waals surface area contributed by atoms with E-state index < -0.39 is 21.9 Å². The van der Waals surface area contributed by atoms with Crippen molar-refractivity contribution >= 4 is 38.8 Å². The first kappa shape index (κ1) is 16.5. The van der Waals surface area contributed by atoms with E-state index in [9.17, 15) is 13.2 Å². The molecule has 1 atom stereocenters. The van der Waals surface area contributed by atoms with Crippen LogP contribution < -0.4 is 10.2 Å². The fourth-order valence-corrected chi connectivity index (χ4v) is 3.88. The Balaban J connectivity index is 1.91. The maximum Gasteiger partial charge on any atom is 0.326 e. The van der Waals surface area contributed by atoms with Crippen LogP contribution in [0, 0.1) is 0 Å². The summed E-state index contributed by atoms with van der Waals surface area (Å²) in [7, 11) is -3.29. The molecule has 1 heterocycles. The highest BCUT2D eigenvalue weighted by Gasteiger charge is 2.31. The maximum atomic E-state index is 12.7. The molecular formula is C17H15ClN2O3S. The summed E-state index contributed by atoms with van der Waals surface area (Å²) in [5.41, 5.74) is 1.20. The van der Waals surface area contributed by atoms with Crippen molar-refractivity contribution in [2.75, 3.05) is 16.0 Å². The molecule has 1 N–H and O–H groups in total. The maximum absolute atomic E-state index is 12.7. The molecule has 5 nitrogen and oxygen atoms in total. The summed E-state index contributed by atoms with van der Waals surface area (Å²) in [5.74, 6) is -0.141. The minimum Gasteiger partial charge on any atom is -0.308 e. The molecule has 1 aliphatic heterocycles. The van der Waals surface area contributed by atoms with Crippen LogP contribution in [-0.4, -0.2) is 26.2 Å². The average molecular weight is 363 g/mol. The lowest BCUT2D eigenvalue weighted by Crippen LogP contribution is -2.43. The van der Waals surface area contributed by atoms with E-state index in [1.165, 1.54) is 11.0 Å². The van der Waals surface area contributed by atoms with Crippen molar-refractivity contribution in [2.45, 2.75) is 6.04 Å². The highest BCUT2D eigenvalue weighted by Crippen LogP contribution is 2.25. The third kappa shape index (κ3) is 3.77. The first-order valence-electron chi connectivity index (χ1n) is 7.26. The van der Waals surface area contributed by atoms with Crippen LogP contribution in [0.1, 0.15) is 0 Å². The summed E-state index contributed by atoms with van der Waals surface area (Å²) in [5, 5.41) is 4.47. The van der Waals surface area contributed by atoms with Gasteiger partial charge in [0.15, 0.2) is 9.84 Å². The molecule has 3 rings (SSSR count). The largest absolute Gasteiger partial charge is 0.326 e. The number of urea groups is 1. The first-order valence-corrected chi connectivity index (χ1v) is 9.36. The van der Waals surface area contributed by atoms with Crippen molar-refractivity contribution in [2.24, 2.45) is 0 Å². The Bertz CT molecular complexity index is 864. The number of halogens is 1. The molecule has 0 saturated carbocycles. The van der Waals surface area contributed by atoms with Gasteiger partial charge in [-0.05, 0) is 42.5 Å². The van der Waals surface area contributed by atoms with Gasteiger partial charge < -0.3 is 5.32 Å². The highest BCUT2D eigenvalue weighted by molar-refractivity contribution is 7.94. The molecule has 7 heteroatoms. The van der Waals surface area contributed by atoms with E-state index in [1.807, 2.05) is 18.2 Å². The van der Waals surface area contributed by atoms with E-state index in [4.69, 9.17) is 11.6 Å². The smallest absolute Gasteiger partial charge is 0.308 e. The summed E-state index contributed by atoms with van der Waals surface area (Å²) in [6.45, 7) is 0. The van der Waals surface area contributed by atoms with Crippen LogP contribution in [0.15, 0.2) is 66.1 Å². The van der Waals surface area contributed by atoms with Crippen molar-refractivity contribution in [3.63, 3.8) is 0 Å². The number of benzene rings is 2. The average Bonchev–Trinajstić information content (AvgIpc) is 2.90. The van der Waals surface area contributed by atoms with E-state index in [0.717, 1.165) is 5.41 Å². The number of carbonyl (C=O) groups excluding carboxylic acids is 1. The summed E-state index contributed by atoms with van der Waals surface area (Å²) >= 11 is 5.90. The number of sulfone groups is 1. The zero-order valence-electron chi connectivity index (χ0n) is 12.6. The SMILES string of the molecule is O=C(Nc1ccccc1)N(c1ccc(Cl)cc1)C1C=CS(=O)(=O)C1. The van der Waals surface area contributed by atoms with Gasteiger partial charge in [-0.25, -0.2) is 13.2 Å². The van der Waals surface area contributed by atoms with Crippen molar-refractivity contribution in [1.82, 2.24) is 0 Å². The number of carbonyl (C=O) groups is 1. The lowest BCUT2D eigenvalue weighted by molar-refractivity contribution is 0.256. The van der Waals surface area contributed by atoms with Crippen LogP contribution in [0.3, 0.4) is 0 Å². The van der Waals surface area contributed by atoms with E-state index in [-0.39, 0.29) is 5.75 Å². The Labute approximate surface area is 145 Å². The Kier molecular flexibility index (Phi) is 4.59. The van der Waals surface area contributed by atoms with Crippen LogP contribution in [0.25, 0.3) is 0 Å². The van der Waals surface area contributed by atoms with Crippen LogP contribution >= 0.6 is 11.6 Å². The van der Waals surface area contributed by atoms with E-state index >= 15 is 0 Å². The second-order valence-corrected chi connectivity index (χ2v) is 7.74. The number of anilines is 2. The fraction of sp³-hybridized carbons (Fsp3) is 0.118. The Morgan fingerprint density at radius 2 is 1.75 bits per heavy atom. The standard InChI is InChI=1S/C17H15ClN2O3S/c18-13-6-8-15(9-7-13)20(16-10-11-24(22,23)12-16)17(21)19-14-4-2-1-3-5-14/h1-11,16H,12H2,(H,19,21). The van der Waals surface area contributed by atoms with Crippen LogP contribution in [-0.2, 0) is 9.84 Å². The topological polar surface area (TPSA) is 66.5 Å². The minimum atomic E-state index is -3.29. The normalized spacial score (nSPS) is 18.3. The second-order valence-electron chi connectivity index (χ2n) is 5.37. The molecule has 0 aliphatic carbocycles. The molecule has 0 saturated heterocycles. The Hall–Kier alpha value is -2.31. The van der Waals surface area contributed by atoms with Gasteiger partial charge in [0.25, 0.3) is 0 Å². The number of nitrogens with one attached hydrogen (secondary N) is 1. The minimum absolute atomic E-state index is 0.141. The Morgan fingerprint density at radius 1 is 1.08 bits per heavy atom. The van der Waals surface area contributed by atoms with E-state index in [2.05, 4.69) is 5.32 Å². The molecule has 1 aliphatic rings. The number of hydrogen-bond donors (Lipinski definition) is 1. The summed E-state index contributed by atoms with van der Waals surface area (Å²) in [4.78, 5) is 14.2. The van der Waals surface area contributed by atoms with E-state index in [0.29, 0.717) is 16.4 Å². The first-order chi connectivity index (χ1) is 11.4. The predicted molar refractivity (Wildman–Crippen MR) is 96.1 cm³/mol. The van der Waals surface area contributed by atoms with Gasteiger partial charge in [0, 0.05) is 21.8 Å². The quantitative estimate of drug-likeness (QED) is 0.905. The number of para-hydroxylation sites is 1. The van der Waals surface area contributed by atoms with Crippen molar-refractivity contribution in [3.05, 3.63) is 71.1 Å². The third-order valence-corrected chi connectivity index (χ3v) is 5.22. The lowest BCUT2D eigenvalue weighted by Gasteiger charge is -2.28. The fourth-order valence-electron chi connectivity index (χ4n) is 2.49. The molecule has 0 fully saturated rings. The van der Waals surface area contributed by atoms with E-state index in [1.54, 1.807) is 36.4 Å². The molecular weight excluding hydrogens is 348 g/mol. The number of hydrogen-bond acceptors (Lipinski definition) is 3. The molecule has 0 bridgehead atoms. The molecule has 2 amide bonds. The van der Waals surface area contributed by atoms with Crippen molar-refractivity contribution < 1.29 is 13.2 Å². The zero-order valence-corrected chi connectivity index (χ0v) is 14.2. The summed E-state index contributed by atoms with van der Waals surface area (Å²) in [6, 6.07) is 14.7. The number of amides is 2. The molecule has 0 spiro atoms. The molecule has 2 aromatic carbocycles. The molecule has 24 heavy (non-hydrogen) atoms. The number of nitrogens with zero attached hydrogens (tertiary/aromatic N) is 1. The van der Waals surface area contributed by atoms with Crippen LogP contribution in [0.2, 0.25) is 5.02 Å². The Morgan fingerprint density at radius 3 is 2.33 bits per heavy atom. The van der Waals surface area contributed by atoms with Gasteiger partial charge in [-0.2, -0.15) is 0 Å². The van der Waals surface area contributed by atoms with Gasteiger partial charge in [-0.3, -0.25) is 4.90 Å². The number of rotatable bonds is 3. The van der Waals surface area contributed by atoms with Crippen molar-refractivity contribution in [1.29, 1.82) is 0 Å². The van der Waals surface area contributed by atoms with Gasteiger partial charge in [-0.1, -0.05) is 29.8 Å². The predicted octanol–water partition coefficient (Wildman–Crippen LogP) is 3.69. The monoisotopic (exact) mass is 362 g/mol. The second kappa shape index (κ2) is 6.67. The molecule has 124 valence electrons. The zero-order chi connectivity index (χ0) is 17.2. The molecule has 2 aromatic rings. The third-order valence-electron chi connectivity index (χ3n) is 3.59. The molecule has 0 radical (unpaired) electrons. The van der Waals surface area contributed by atoms with Gasteiger partial charge in [0.2, 0.25) is 0 Å². The molecule has 0 aromatic heterocycles. The summed E-state index contributed by atoms with van der Waals surface area (Å²) in [6.07, 6.45) is 1.52. The molecule has 1 unspecified atom stereocenters. The highest BCUT2D eigenvalue weighted by atomic mass is 35.5. The van der Waals surface area contributed by atoms with Gasteiger partial charge in [0.05, 0.1) is 11.8 Å². The summed E-state index contributed by atoms with van der Waals surface area (Å²) < 4.78 is 23.5.